The van der Waals surface area contributed by atoms with Crippen LogP contribution in [0.15, 0.2) is 24.3 Å². The highest BCUT2D eigenvalue weighted by Crippen LogP contribution is 2.30. The van der Waals surface area contributed by atoms with Gasteiger partial charge in [-0.2, -0.15) is 13.2 Å². The summed E-state index contributed by atoms with van der Waals surface area (Å²) in [6.07, 6.45) is -3.34. The van der Waals surface area contributed by atoms with Gasteiger partial charge < -0.3 is 4.74 Å². The summed E-state index contributed by atoms with van der Waals surface area (Å²) in [6.45, 7) is 2.17. The fraction of sp³-hybridized carbons (Fsp3) is 0.538. The van der Waals surface area contributed by atoms with Crippen molar-refractivity contribution < 1.29 is 26.3 Å². The van der Waals surface area contributed by atoms with Crippen molar-refractivity contribution in [2.24, 2.45) is 11.1 Å². The Bertz CT molecular complexity index is 541. The van der Waals surface area contributed by atoms with Crippen LogP contribution < -0.4 is 9.88 Å². The molecule has 0 fully saturated rings. The van der Waals surface area contributed by atoms with E-state index in [1.54, 1.807) is 0 Å². The Morgan fingerprint density at radius 2 is 1.76 bits per heavy atom. The average Bonchev–Trinajstić information content (AvgIpc) is 2.35. The Morgan fingerprint density at radius 3 is 2.24 bits per heavy atom. The predicted molar refractivity (Wildman–Crippen MR) is 73.3 cm³/mol. The zero-order chi connectivity index (χ0) is 16.1. The molecule has 4 nitrogen and oxygen atoms in total. The molecule has 0 saturated carbocycles. The largest absolute Gasteiger partial charge is 0.494 e. The highest BCUT2D eigenvalue weighted by atomic mass is 32.2. The second-order valence-corrected chi connectivity index (χ2v) is 6.65. The Labute approximate surface area is 122 Å². The monoisotopic (exact) mass is 325 g/mol. The van der Waals surface area contributed by atoms with Gasteiger partial charge in [0.05, 0.1) is 17.9 Å². The van der Waals surface area contributed by atoms with Gasteiger partial charge in [0.2, 0.25) is 10.0 Å². The van der Waals surface area contributed by atoms with Gasteiger partial charge in [0.25, 0.3) is 0 Å². The molecule has 0 radical (unpaired) electrons. The van der Waals surface area contributed by atoms with Crippen molar-refractivity contribution in [1.82, 2.24) is 0 Å². The highest BCUT2D eigenvalue weighted by molar-refractivity contribution is 7.89. The summed E-state index contributed by atoms with van der Waals surface area (Å²) in [5, 5.41) is 4.90. The predicted octanol–water partition coefficient (Wildman–Crippen LogP) is 2.79. The van der Waals surface area contributed by atoms with Gasteiger partial charge in [-0.05, 0) is 43.0 Å². The number of hydrogen-bond donors (Lipinski definition) is 1. The first-order chi connectivity index (χ1) is 9.58. The summed E-state index contributed by atoms with van der Waals surface area (Å²) < 4.78 is 64.0. The van der Waals surface area contributed by atoms with Gasteiger partial charge in [0.15, 0.2) is 0 Å². The number of benzene rings is 1. The molecule has 1 aromatic rings. The van der Waals surface area contributed by atoms with Gasteiger partial charge in [-0.1, -0.05) is 6.92 Å². The standard InChI is InChI=1S/C13H18F3NO3S/c1-10(7-9-21(17,18)19)6-8-20-12-4-2-11(3-5-12)13(14,15)16/h2-5,10H,6-9H2,1H3,(H2,17,18,19). The van der Waals surface area contributed by atoms with Gasteiger partial charge in [-0.3, -0.25) is 0 Å². The normalized spacial score (nSPS) is 14.0. The molecule has 0 aliphatic carbocycles. The van der Waals surface area contributed by atoms with Gasteiger partial charge in [0, 0.05) is 0 Å². The van der Waals surface area contributed by atoms with Crippen LogP contribution in [0, 0.1) is 5.92 Å². The summed E-state index contributed by atoms with van der Waals surface area (Å²) >= 11 is 0. The number of primary sulfonamides is 1. The molecule has 1 aromatic carbocycles. The van der Waals surface area contributed by atoms with Crippen molar-refractivity contribution in [2.45, 2.75) is 25.9 Å². The maximum atomic E-state index is 12.4. The first-order valence-corrected chi connectivity index (χ1v) is 8.10. The van der Waals surface area contributed by atoms with Crippen LogP contribution in [0.2, 0.25) is 0 Å². The molecule has 2 N–H and O–H groups in total. The van der Waals surface area contributed by atoms with E-state index in [0.29, 0.717) is 25.2 Å². The molecule has 0 spiro atoms. The van der Waals surface area contributed by atoms with Crippen molar-refractivity contribution >= 4 is 10.0 Å². The third-order valence-corrected chi connectivity index (χ3v) is 3.76. The number of halogens is 3. The average molecular weight is 325 g/mol. The molecule has 8 heteroatoms. The molecule has 0 aliphatic heterocycles. The van der Waals surface area contributed by atoms with Gasteiger partial charge in [-0.25, -0.2) is 13.6 Å². The summed E-state index contributed by atoms with van der Waals surface area (Å²) in [6, 6.07) is 4.44. The van der Waals surface area contributed by atoms with E-state index in [-0.39, 0.29) is 11.7 Å². The Hall–Kier alpha value is -1.28. The van der Waals surface area contributed by atoms with Gasteiger partial charge >= 0.3 is 6.18 Å². The molecule has 1 rings (SSSR count). The van der Waals surface area contributed by atoms with Crippen LogP contribution >= 0.6 is 0 Å². The Balaban J connectivity index is 2.36. The smallest absolute Gasteiger partial charge is 0.416 e. The van der Waals surface area contributed by atoms with E-state index in [1.807, 2.05) is 6.92 Å². The molecule has 1 unspecified atom stereocenters. The van der Waals surface area contributed by atoms with Crippen molar-refractivity contribution in [3.63, 3.8) is 0 Å². The summed E-state index contributed by atoms with van der Waals surface area (Å²) in [7, 11) is -3.46. The van der Waals surface area contributed by atoms with Gasteiger partial charge in [0.1, 0.15) is 5.75 Å². The fourth-order valence-corrected chi connectivity index (χ4v) is 2.36. The first kappa shape index (κ1) is 17.8. The van der Waals surface area contributed by atoms with Crippen molar-refractivity contribution in [2.75, 3.05) is 12.4 Å². The van der Waals surface area contributed by atoms with Crippen LogP contribution in [0.25, 0.3) is 0 Å². The minimum absolute atomic E-state index is 0.0888. The summed E-state index contributed by atoms with van der Waals surface area (Å²) in [4.78, 5) is 0. The molecule has 1 atom stereocenters. The molecule has 21 heavy (non-hydrogen) atoms. The van der Waals surface area contributed by atoms with E-state index in [2.05, 4.69) is 0 Å². The van der Waals surface area contributed by atoms with Crippen LogP contribution in [0.4, 0.5) is 13.2 Å². The second kappa shape index (κ2) is 7.13. The third-order valence-electron chi connectivity index (χ3n) is 2.96. The fourth-order valence-electron chi connectivity index (χ4n) is 1.63. The number of hydrogen-bond acceptors (Lipinski definition) is 3. The zero-order valence-electron chi connectivity index (χ0n) is 11.6. The summed E-state index contributed by atoms with van der Waals surface area (Å²) in [5.74, 6) is 0.355. The number of ether oxygens (including phenoxy) is 1. The molecule has 0 aliphatic rings. The Morgan fingerprint density at radius 1 is 1.19 bits per heavy atom. The maximum Gasteiger partial charge on any atom is 0.416 e. The first-order valence-electron chi connectivity index (χ1n) is 6.38. The highest BCUT2D eigenvalue weighted by Gasteiger charge is 2.29. The molecule has 120 valence electrons. The van der Waals surface area contributed by atoms with Crippen LogP contribution in [0.3, 0.4) is 0 Å². The maximum absolute atomic E-state index is 12.4. The van der Waals surface area contributed by atoms with Crippen LogP contribution in [0.5, 0.6) is 5.75 Å². The lowest BCUT2D eigenvalue weighted by Crippen LogP contribution is -2.18. The summed E-state index contributed by atoms with van der Waals surface area (Å²) in [5.41, 5.74) is -0.726. The van der Waals surface area contributed by atoms with E-state index < -0.39 is 21.8 Å². The molecular weight excluding hydrogens is 307 g/mol. The quantitative estimate of drug-likeness (QED) is 0.838. The number of sulfonamides is 1. The van der Waals surface area contributed by atoms with E-state index in [1.165, 1.54) is 12.1 Å². The lowest BCUT2D eigenvalue weighted by Gasteiger charge is -2.12. The Kier molecular flexibility index (Phi) is 6.03. The van der Waals surface area contributed by atoms with E-state index in [9.17, 15) is 21.6 Å². The zero-order valence-corrected chi connectivity index (χ0v) is 12.4. The molecular formula is C13H18F3NO3S. The molecule has 0 bridgehead atoms. The number of nitrogens with two attached hydrogens (primary N) is 1. The van der Waals surface area contributed by atoms with E-state index in [0.717, 1.165) is 12.1 Å². The van der Waals surface area contributed by atoms with E-state index in [4.69, 9.17) is 9.88 Å². The van der Waals surface area contributed by atoms with E-state index >= 15 is 0 Å². The second-order valence-electron chi connectivity index (χ2n) is 4.92. The molecule has 0 aromatic heterocycles. The topological polar surface area (TPSA) is 69.4 Å². The third kappa shape index (κ3) is 7.33. The number of rotatable bonds is 7. The van der Waals surface area contributed by atoms with Crippen LogP contribution in [-0.4, -0.2) is 20.8 Å². The lowest BCUT2D eigenvalue weighted by molar-refractivity contribution is -0.137. The lowest BCUT2D eigenvalue weighted by atomic mass is 10.1. The SMILES string of the molecule is CC(CCOc1ccc(C(F)(F)F)cc1)CCS(N)(=O)=O. The van der Waals surface area contributed by atoms with Crippen LogP contribution in [-0.2, 0) is 16.2 Å². The minimum Gasteiger partial charge on any atom is -0.494 e. The van der Waals surface area contributed by atoms with Crippen molar-refractivity contribution in [3.8, 4) is 5.75 Å². The molecule has 0 saturated heterocycles. The number of alkyl halides is 3. The van der Waals surface area contributed by atoms with Crippen molar-refractivity contribution in [1.29, 1.82) is 0 Å². The molecule has 0 amide bonds. The van der Waals surface area contributed by atoms with Crippen LogP contribution in [0.1, 0.15) is 25.3 Å². The molecule has 0 heterocycles. The minimum atomic E-state index is -4.36. The van der Waals surface area contributed by atoms with Gasteiger partial charge in [-0.15, -0.1) is 0 Å². The van der Waals surface area contributed by atoms with Crippen molar-refractivity contribution in [3.05, 3.63) is 29.8 Å².